The lowest BCUT2D eigenvalue weighted by Gasteiger charge is -2.21. The van der Waals surface area contributed by atoms with Gasteiger partial charge in [-0.1, -0.05) is 311 Å². The molecule has 0 aliphatic rings. The Kier molecular flexibility index (Phi) is 61.8. The maximum Gasteiger partial charge on any atom is 0.472 e. The zero-order chi connectivity index (χ0) is 66.5. The Morgan fingerprint density at radius 1 is 0.322 bits per heavy atom. The van der Waals surface area contributed by atoms with Gasteiger partial charge in [0, 0.05) is 25.7 Å². The van der Waals surface area contributed by atoms with Crippen molar-refractivity contribution in [3.8, 4) is 0 Å². The predicted molar refractivity (Wildman–Crippen MR) is 363 cm³/mol. The van der Waals surface area contributed by atoms with Crippen LogP contribution in [0.5, 0.6) is 0 Å². The minimum atomic E-state index is -4.95. The first-order valence-electron chi connectivity index (χ1n) is 37.0. The summed E-state index contributed by atoms with van der Waals surface area (Å²) < 4.78 is 68.1. The Labute approximate surface area is 549 Å². The molecule has 17 nitrogen and oxygen atoms in total. The fourth-order valence-electron chi connectivity index (χ4n) is 10.7. The van der Waals surface area contributed by atoms with Crippen LogP contribution in [0.1, 0.15) is 363 Å². The lowest BCUT2D eigenvalue weighted by atomic mass is 9.99. The van der Waals surface area contributed by atoms with Gasteiger partial charge in [-0.2, -0.15) is 0 Å². The van der Waals surface area contributed by atoms with Gasteiger partial charge in [0.2, 0.25) is 0 Å². The summed E-state index contributed by atoms with van der Waals surface area (Å²) in [5.41, 5.74) is 0. The fraction of sp³-hybridized carbons (Fsp3) is 0.944. The second-order valence-corrected chi connectivity index (χ2v) is 29.3. The number of aliphatic hydroxyl groups excluding tert-OH is 1. The van der Waals surface area contributed by atoms with Gasteiger partial charge in [-0.15, -0.1) is 0 Å². The standard InChI is InChI=1S/C71H138O17P2/c1-7-10-12-14-16-18-31-35-42-48-54-69(74)82-59-66(87-70(75)55-49-43-36-32-28-26-24-22-20-19-21-23-25-27-30-33-40-46-52-64(6)9-3)61-85-89(77,78)83-57-65(72)58-84-90(79,80)86-62-67(88-71(76)56-50-44-38-37-39-45-51-63(4)5)60-81-68(73)53-47-41-34-29-17-15-13-11-8-2/h63-67,72H,7-62H2,1-6H3,(H,77,78)(H,79,80)/t64?,65-,66-,67-/m1/s1. The summed E-state index contributed by atoms with van der Waals surface area (Å²) in [7, 11) is -9.89. The molecule has 534 valence electrons. The molecule has 90 heavy (non-hydrogen) atoms. The molecule has 0 saturated carbocycles. The fourth-order valence-corrected chi connectivity index (χ4v) is 12.3. The molecule has 0 aromatic rings. The van der Waals surface area contributed by atoms with Crippen molar-refractivity contribution < 1.29 is 80.2 Å². The molecule has 0 fully saturated rings. The van der Waals surface area contributed by atoms with E-state index in [4.69, 9.17) is 37.0 Å². The van der Waals surface area contributed by atoms with Gasteiger partial charge < -0.3 is 33.8 Å². The van der Waals surface area contributed by atoms with E-state index in [0.717, 1.165) is 95.8 Å². The van der Waals surface area contributed by atoms with Crippen molar-refractivity contribution in [2.24, 2.45) is 11.8 Å². The monoisotopic (exact) mass is 1320 g/mol. The Hall–Kier alpha value is -1.94. The molecule has 0 aliphatic carbocycles. The van der Waals surface area contributed by atoms with Crippen molar-refractivity contribution >= 4 is 39.5 Å². The van der Waals surface area contributed by atoms with Crippen molar-refractivity contribution in [2.75, 3.05) is 39.6 Å². The Balaban J connectivity index is 5.11. The van der Waals surface area contributed by atoms with Crippen LogP contribution in [0, 0.1) is 11.8 Å². The molecular weight excluding hydrogens is 1190 g/mol. The van der Waals surface area contributed by atoms with E-state index in [0.29, 0.717) is 31.6 Å². The van der Waals surface area contributed by atoms with Crippen LogP contribution in [0.15, 0.2) is 0 Å². The van der Waals surface area contributed by atoms with Gasteiger partial charge in [-0.05, 0) is 37.5 Å². The van der Waals surface area contributed by atoms with Gasteiger partial charge in [-0.25, -0.2) is 9.13 Å². The number of rotatable bonds is 70. The SMILES string of the molecule is CCCCCCCCCCCCC(=O)OC[C@H](COP(=O)(O)OC[C@@H](O)COP(=O)(O)OC[C@@H](COC(=O)CCCCCCCCCCC)OC(=O)CCCCCCCCC(C)C)OC(=O)CCCCCCCCCCCCCCCCCCCCC(C)CC. The number of ether oxygens (including phenoxy) is 4. The van der Waals surface area contributed by atoms with Gasteiger partial charge in [0.05, 0.1) is 26.4 Å². The quantitative estimate of drug-likeness (QED) is 0.0222. The van der Waals surface area contributed by atoms with E-state index in [-0.39, 0.29) is 25.7 Å². The van der Waals surface area contributed by atoms with Crippen LogP contribution >= 0.6 is 15.6 Å². The second-order valence-electron chi connectivity index (χ2n) is 26.3. The number of phosphoric acid groups is 2. The van der Waals surface area contributed by atoms with Gasteiger partial charge in [-0.3, -0.25) is 37.3 Å². The minimum Gasteiger partial charge on any atom is -0.462 e. The van der Waals surface area contributed by atoms with Crippen LogP contribution in [0.3, 0.4) is 0 Å². The lowest BCUT2D eigenvalue weighted by molar-refractivity contribution is -0.161. The molecule has 0 rings (SSSR count). The maximum absolute atomic E-state index is 13.0. The normalized spacial score (nSPS) is 14.4. The van der Waals surface area contributed by atoms with E-state index in [1.165, 1.54) is 180 Å². The summed E-state index contributed by atoms with van der Waals surface area (Å²) in [6.07, 6.45) is 48.9. The Morgan fingerprint density at radius 3 is 0.844 bits per heavy atom. The number of hydrogen-bond acceptors (Lipinski definition) is 15. The molecule has 3 unspecified atom stereocenters. The van der Waals surface area contributed by atoms with Gasteiger partial charge in [0.25, 0.3) is 0 Å². The zero-order valence-corrected chi connectivity index (χ0v) is 60.2. The molecular formula is C71H138O17P2. The number of hydrogen-bond donors (Lipinski definition) is 3. The van der Waals surface area contributed by atoms with Gasteiger partial charge >= 0.3 is 39.5 Å². The average molecular weight is 1330 g/mol. The number of unbranched alkanes of at least 4 members (excludes halogenated alkanes) is 39. The first kappa shape index (κ1) is 88.1. The topological polar surface area (TPSA) is 237 Å². The van der Waals surface area contributed by atoms with Crippen molar-refractivity contribution in [3.63, 3.8) is 0 Å². The van der Waals surface area contributed by atoms with E-state index in [2.05, 4.69) is 41.5 Å². The van der Waals surface area contributed by atoms with Gasteiger partial charge in [0.15, 0.2) is 12.2 Å². The number of aliphatic hydroxyl groups is 1. The smallest absolute Gasteiger partial charge is 0.462 e. The van der Waals surface area contributed by atoms with Crippen molar-refractivity contribution in [1.82, 2.24) is 0 Å². The molecule has 0 spiro atoms. The van der Waals surface area contributed by atoms with Crippen LogP contribution in [0.25, 0.3) is 0 Å². The van der Waals surface area contributed by atoms with Crippen molar-refractivity contribution in [3.05, 3.63) is 0 Å². The lowest BCUT2D eigenvalue weighted by Crippen LogP contribution is -2.30. The maximum atomic E-state index is 13.0. The number of phosphoric ester groups is 2. The predicted octanol–water partition coefficient (Wildman–Crippen LogP) is 20.4. The number of esters is 4. The molecule has 0 aromatic heterocycles. The summed E-state index contributed by atoms with van der Waals surface area (Å²) in [6, 6.07) is 0. The highest BCUT2D eigenvalue weighted by molar-refractivity contribution is 7.47. The second kappa shape index (κ2) is 63.1. The highest BCUT2D eigenvalue weighted by atomic mass is 31.2. The zero-order valence-electron chi connectivity index (χ0n) is 58.4. The van der Waals surface area contributed by atoms with E-state index in [9.17, 15) is 43.2 Å². The first-order valence-corrected chi connectivity index (χ1v) is 40.0. The van der Waals surface area contributed by atoms with Crippen LogP contribution in [0.4, 0.5) is 0 Å². The van der Waals surface area contributed by atoms with E-state index < -0.39 is 97.5 Å². The van der Waals surface area contributed by atoms with Crippen LogP contribution in [-0.2, 0) is 65.4 Å². The molecule has 19 heteroatoms. The Morgan fingerprint density at radius 2 is 0.567 bits per heavy atom. The average Bonchev–Trinajstić information content (AvgIpc) is 2.91. The third kappa shape index (κ3) is 63.5. The molecule has 3 N–H and O–H groups in total. The molecule has 0 saturated heterocycles. The van der Waals surface area contributed by atoms with Crippen molar-refractivity contribution in [1.29, 1.82) is 0 Å². The summed E-state index contributed by atoms with van der Waals surface area (Å²) in [4.78, 5) is 72.4. The van der Waals surface area contributed by atoms with E-state index in [1.807, 2.05) is 0 Å². The third-order valence-corrected chi connectivity index (χ3v) is 18.7. The third-order valence-electron chi connectivity index (χ3n) is 16.8. The van der Waals surface area contributed by atoms with Gasteiger partial charge in [0.1, 0.15) is 19.3 Å². The summed E-state index contributed by atoms with van der Waals surface area (Å²) in [6.45, 7) is 9.50. The molecule has 0 radical (unpaired) electrons. The molecule has 0 aromatic carbocycles. The van der Waals surface area contributed by atoms with Crippen LogP contribution < -0.4 is 0 Å². The molecule has 0 amide bonds. The van der Waals surface area contributed by atoms with Crippen molar-refractivity contribution in [2.45, 2.75) is 381 Å². The minimum absolute atomic E-state index is 0.102. The van der Waals surface area contributed by atoms with Crippen LogP contribution in [0.2, 0.25) is 0 Å². The van der Waals surface area contributed by atoms with Crippen LogP contribution in [-0.4, -0.2) is 96.7 Å². The summed E-state index contributed by atoms with van der Waals surface area (Å²) in [5.74, 6) is -0.589. The molecule has 6 atom stereocenters. The number of carbonyl (C=O) groups excluding carboxylic acids is 4. The number of carbonyl (C=O) groups is 4. The van der Waals surface area contributed by atoms with E-state index >= 15 is 0 Å². The molecule has 0 bridgehead atoms. The highest BCUT2D eigenvalue weighted by Crippen LogP contribution is 2.45. The molecule has 0 heterocycles. The summed E-state index contributed by atoms with van der Waals surface area (Å²) >= 11 is 0. The Bertz CT molecular complexity index is 1750. The first-order chi connectivity index (χ1) is 43.4. The molecule has 0 aliphatic heterocycles. The highest BCUT2D eigenvalue weighted by Gasteiger charge is 2.30. The summed E-state index contributed by atoms with van der Waals surface area (Å²) in [5, 5.41) is 10.6. The van der Waals surface area contributed by atoms with E-state index in [1.54, 1.807) is 0 Å². The largest absolute Gasteiger partial charge is 0.472 e.